The van der Waals surface area contributed by atoms with E-state index in [0.717, 1.165) is 26.0 Å². The first-order chi connectivity index (χ1) is 10.7. The molecule has 0 aromatic heterocycles. The number of nitrogens with zero attached hydrogens (tertiary/aromatic N) is 1. The highest BCUT2D eigenvalue weighted by atomic mass is 16.5. The lowest BCUT2D eigenvalue weighted by atomic mass is 9.51. The summed E-state index contributed by atoms with van der Waals surface area (Å²) in [6.07, 6.45) is 6.23. The predicted octanol–water partition coefficient (Wildman–Crippen LogP) is 2.48. The maximum Gasteiger partial charge on any atom is 0.188 e. The zero-order chi connectivity index (χ0) is 15.4. The Morgan fingerprint density at radius 2 is 2.14 bits per heavy atom. The normalized spacial score (nSPS) is 26.3. The van der Waals surface area contributed by atoms with Gasteiger partial charge in [0.15, 0.2) is 5.96 Å². The van der Waals surface area contributed by atoms with Gasteiger partial charge in [-0.15, -0.1) is 0 Å². The number of rotatable bonds is 6. The molecule has 0 radical (unpaired) electrons. The molecule has 2 aliphatic carbocycles. The Balaban J connectivity index is 1.47. The number of hydrogen-bond donors (Lipinski definition) is 2. The summed E-state index contributed by atoms with van der Waals surface area (Å²) in [5.74, 6) is 0.585. The Hall–Kier alpha value is -1.55. The fourth-order valence-electron chi connectivity index (χ4n) is 3.81. The number of guanidine groups is 1. The second-order valence-electron chi connectivity index (χ2n) is 6.47. The molecule has 4 nitrogen and oxygen atoms in total. The third-order valence-electron chi connectivity index (χ3n) is 5.28. The molecule has 1 spiro atoms. The summed E-state index contributed by atoms with van der Waals surface area (Å²) in [6.45, 7) is 3.61. The maximum atomic E-state index is 6.07. The standard InChI is InChI=1S/C18H27N3O/c1-2-22-16-13-15(18(16)10-6-11-18)21-17(19)20-12-9-14-7-4-3-5-8-14/h3-5,7-8,15-16H,2,6,9-13H2,1H3,(H3,19,20,21). The van der Waals surface area contributed by atoms with Crippen LogP contribution in [0.5, 0.6) is 0 Å². The van der Waals surface area contributed by atoms with Crippen molar-refractivity contribution < 1.29 is 4.74 Å². The molecule has 4 heteroatoms. The molecule has 2 atom stereocenters. The fourth-order valence-corrected chi connectivity index (χ4v) is 3.81. The van der Waals surface area contributed by atoms with E-state index in [1.165, 1.54) is 24.8 Å². The third-order valence-corrected chi connectivity index (χ3v) is 5.28. The van der Waals surface area contributed by atoms with E-state index in [1.807, 2.05) is 6.07 Å². The second-order valence-corrected chi connectivity index (χ2v) is 6.47. The van der Waals surface area contributed by atoms with Gasteiger partial charge in [-0.1, -0.05) is 36.8 Å². The minimum atomic E-state index is 0.329. The first kappa shape index (κ1) is 15.3. The van der Waals surface area contributed by atoms with Crippen molar-refractivity contribution in [2.24, 2.45) is 16.1 Å². The highest BCUT2D eigenvalue weighted by Crippen LogP contribution is 2.57. The third kappa shape index (κ3) is 2.98. The van der Waals surface area contributed by atoms with Crippen LogP contribution >= 0.6 is 0 Å². The number of nitrogens with one attached hydrogen (secondary N) is 1. The summed E-state index contributed by atoms with van der Waals surface area (Å²) >= 11 is 0. The largest absolute Gasteiger partial charge is 0.378 e. The number of aliphatic imine (C=N–C) groups is 1. The second kappa shape index (κ2) is 6.69. The van der Waals surface area contributed by atoms with Crippen molar-refractivity contribution in [2.75, 3.05) is 13.2 Å². The zero-order valence-corrected chi connectivity index (χ0v) is 13.4. The van der Waals surface area contributed by atoms with Crippen LogP contribution < -0.4 is 11.1 Å². The molecule has 3 N–H and O–H groups in total. The van der Waals surface area contributed by atoms with Gasteiger partial charge in [-0.3, -0.25) is 4.99 Å². The van der Waals surface area contributed by atoms with Crippen molar-refractivity contribution in [1.29, 1.82) is 0 Å². The van der Waals surface area contributed by atoms with Crippen LogP contribution in [0.15, 0.2) is 35.3 Å². The number of hydrogen-bond acceptors (Lipinski definition) is 2. The van der Waals surface area contributed by atoms with Gasteiger partial charge < -0.3 is 15.8 Å². The van der Waals surface area contributed by atoms with E-state index < -0.39 is 0 Å². The molecular formula is C18H27N3O. The van der Waals surface area contributed by atoms with Gasteiger partial charge >= 0.3 is 0 Å². The first-order valence-electron chi connectivity index (χ1n) is 8.46. The molecule has 0 aliphatic heterocycles. The lowest BCUT2D eigenvalue weighted by Crippen LogP contribution is -2.68. The Morgan fingerprint density at radius 1 is 1.36 bits per heavy atom. The van der Waals surface area contributed by atoms with E-state index in [0.29, 0.717) is 23.5 Å². The van der Waals surface area contributed by atoms with Gasteiger partial charge in [-0.25, -0.2) is 0 Å². The molecular weight excluding hydrogens is 274 g/mol. The monoisotopic (exact) mass is 301 g/mol. The van der Waals surface area contributed by atoms with Crippen LogP contribution in [0.3, 0.4) is 0 Å². The van der Waals surface area contributed by atoms with Crippen molar-refractivity contribution in [2.45, 2.75) is 51.2 Å². The van der Waals surface area contributed by atoms with Gasteiger partial charge in [0.25, 0.3) is 0 Å². The molecule has 1 aromatic carbocycles. The van der Waals surface area contributed by atoms with Gasteiger partial charge in [0.1, 0.15) is 0 Å². The molecule has 120 valence electrons. The lowest BCUT2D eigenvalue weighted by Gasteiger charge is -2.61. The summed E-state index contributed by atoms with van der Waals surface area (Å²) < 4.78 is 5.87. The minimum Gasteiger partial charge on any atom is -0.378 e. The van der Waals surface area contributed by atoms with E-state index >= 15 is 0 Å². The van der Waals surface area contributed by atoms with E-state index in [4.69, 9.17) is 10.5 Å². The molecule has 2 saturated carbocycles. The first-order valence-corrected chi connectivity index (χ1v) is 8.46. The SMILES string of the molecule is CCOC1CC(NC(N)=NCCc2ccccc2)C12CCC2. The summed E-state index contributed by atoms with van der Waals surface area (Å²) in [7, 11) is 0. The quantitative estimate of drug-likeness (QED) is 0.627. The van der Waals surface area contributed by atoms with Crippen LogP contribution in [-0.4, -0.2) is 31.3 Å². The number of nitrogens with two attached hydrogens (primary N) is 1. The minimum absolute atomic E-state index is 0.329. The van der Waals surface area contributed by atoms with Crippen molar-refractivity contribution in [3.63, 3.8) is 0 Å². The Morgan fingerprint density at radius 3 is 2.77 bits per heavy atom. The molecule has 22 heavy (non-hydrogen) atoms. The van der Waals surface area contributed by atoms with Gasteiger partial charge in [-0.05, 0) is 38.2 Å². The smallest absolute Gasteiger partial charge is 0.188 e. The van der Waals surface area contributed by atoms with E-state index in [1.54, 1.807) is 0 Å². The molecule has 3 rings (SSSR count). The van der Waals surface area contributed by atoms with Gasteiger partial charge in [0.05, 0.1) is 6.10 Å². The number of benzene rings is 1. The van der Waals surface area contributed by atoms with Crippen LogP contribution in [0.1, 0.15) is 38.2 Å². The van der Waals surface area contributed by atoms with Crippen molar-refractivity contribution in [1.82, 2.24) is 5.32 Å². The summed E-state index contributed by atoms with van der Waals surface area (Å²) in [4.78, 5) is 4.48. The summed E-state index contributed by atoms with van der Waals surface area (Å²) in [6, 6.07) is 10.8. The van der Waals surface area contributed by atoms with Crippen LogP contribution in [0.2, 0.25) is 0 Å². The molecule has 0 heterocycles. The molecule has 0 amide bonds. The Bertz CT molecular complexity index is 510. The van der Waals surface area contributed by atoms with E-state index in [2.05, 4.69) is 41.5 Å². The fraction of sp³-hybridized carbons (Fsp3) is 0.611. The van der Waals surface area contributed by atoms with Crippen LogP contribution in [-0.2, 0) is 11.2 Å². The molecule has 2 fully saturated rings. The highest BCUT2D eigenvalue weighted by Gasteiger charge is 2.59. The topological polar surface area (TPSA) is 59.6 Å². The Labute approximate surface area is 133 Å². The van der Waals surface area contributed by atoms with Crippen LogP contribution in [0.4, 0.5) is 0 Å². The lowest BCUT2D eigenvalue weighted by molar-refractivity contribution is -0.168. The van der Waals surface area contributed by atoms with Gasteiger partial charge in [0, 0.05) is 24.6 Å². The molecule has 0 bridgehead atoms. The predicted molar refractivity (Wildman–Crippen MR) is 89.9 cm³/mol. The van der Waals surface area contributed by atoms with Gasteiger partial charge in [0.2, 0.25) is 0 Å². The molecule has 1 aromatic rings. The summed E-state index contributed by atoms with van der Waals surface area (Å²) in [5.41, 5.74) is 7.70. The highest BCUT2D eigenvalue weighted by molar-refractivity contribution is 5.78. The van der Waals surface area contributed by atoms with Crippen LogP contribution in [0.25, 0.3) is 0 Å². The van der Waals surface area contributed by atoms with Crippen LogP contribution in [0, 0.1) is 5.41 Å². The van der Waals surface area contributed by atoms with Crippen molar-refractivity contribution in [3.8, 4) is 0 Å². The molecule has 2 unspecified atom stereocenters. The average Bonchev–Trinajstić information content (AvgIpc) is 2.45. The summed E-state index contributed by atoms with van der Waals surface area (Å²) in [5, 5.41) is 3.43. The van der Waals surface area contributed by atoms with Crippen molar-refractivity contribution >= 4 is 5.96 Å². The molecule has 2 aliphatic rings. The average molecular weight is 301 g/mol. The zero-order valence-electron chi connectivity index (χ0n) is 13.4. The molecule has 0 saturated heterocycles. The van der Waals surface area contributed by atoms with E-state index in [9.17, 15) is 0 Å². The number of ether oxygens (including phenoxy) is 1. The Kier molecular flexibility index (Phi) is 4.67. The van der Waals surface area contributed by atoms with E-state index in [-0.39, 0.29) is 0 Å². The van der Waals surface area contributed by atoms with Gasteiger partial charge in [-0.2, -0.15) is 0 Å². The maximum absolute atomic E-state index is 6.07. The van der Waals surface area contributed by atoms with Crippen molar-refractivity contribution in [3.05, 3.63) is 35.9 Å².